The largest absolute Gasteiger partial charge is 0.497 e. The summed E-state index contributed by atoms with van der Waals surface area (Å²) in [7, 11) is 1.67. The summed E-state index contributed by atoms with van der Waals surface area (Å²) in [5, 5.41) is 1.01. The number of hydrogen-bond donors (Lipinski definition) is 0. The van der Waals surface area contributed by atoms with Crippen LogP contribution in [0.3, 0.4) is 0 Å². The minimum absolute atomic E-state index is 0.328. The number of ether oxygens (including phenoxy) is 3. The van der Waals surface area contributed by atoms with E-state index >= 15 is 0 Å². The molecule has 0 unspecified atom stereocenters. The van der Waals surface area contributed by atoms with E-state index in [1.165, 1.54) is 0 Å². The van der Waals surface area contributed by atoms with Crippen molar-refractivity contribution in [2.45, 2.75) is 6.92 Å². The SMILES string of the molecule is CCOC(=O)c1ccc(-c2cc(-c3ccc(OC)cc3)c3cccc(N4c5ccccc5Oc5ccccc54)c3n2)cc1. The third kappa shape index (κ3) is 4.73. The van der Waals surface area contributed by atoms with Gasteiger partial charge < -0.3 is 19.1 Å². The van der Waals surface area contributed by atoms with E-state index in [1.807, 2.05) is 60.7 Å². The fourth-order valence-corrected chi connectivity index (χ4v) is 5.53. The maximum absolute atomic E-state index is 12.3. The highest BCUT2D eigenvalue weighted by atomic mass is 16.5. The van der Waals surface area contributed by atoms with Crippen LogP contribution >= 0.6 is 0 Å². The summed E-state index contributed by atoms with van der Waals surface area (Å²) >= 11 is 0. The number of benzene rings is 5. The summed E-state index contributed by atoms with van der Waals surface area (Å²) in [5.74, 6) is 2.00. The molecule has 210 valence electrons. The van der Waals surface area contributed by atoms with Gasteiger partial charge in [-0.25, -0.2) is 9.78 Å². The molecule has 1 aliphatic rings. The van der Waals surface area contributed by atoms with Crippen molar-refractivity contribution in [1.29, 1.82) is 0 Å². The molecule has 6 aromatic rings. The standard InChI is InChI=1S/C37H28N2O4/c1-3-42-37(40)26-17-15-25(16-18-26)30-23-29(24-19-21-27(41-2)22-20-24)28-9-8-12-33(36(28)38-30)39-31-10-4-6-13-34(31)43-35-14-7-5-11-32(35)39/h4-23H,3H2,1-2H3. The minimum atomic E-state index is -0.341. The Balaban J connectivity index is 1.47. The van der Waals surface area contributed by atoms with Crippen molar-refractivity contribution in [1.82, 2.24) is 4.98 Å². The number of anilines is 3. The number of hydrogen-bond acceptors (Lipinski definition) is 6. The highest BCUT2D eigenvalue weighted by molar-refractivity contribution is 6.06. The van der Waals surface area contributed by atoms with Crippen LogP contribution in [-0.4, -0.2) is 24.7 Å². The normalized spacial score (nSPS) is 11.8. The number of pyridine rings is 1. The summed E-state index contributed by atoms with van der Waals surface area (Å²) in [6, 6.07) is 39.9. The Morgan fingerprint density at radius 2 is 1.37 bits per heavy atom. The van der Waals surface area contributed by atoms with E-state index in [-0.39, 0.29) is 5.97 Å². The van der Waals surface area contributed by atoms with Crippen LogP contribution in [0.25, 0.3) is 33.3 Å². The minimum Gasteiger partial charge on any atom is -0.497 e. The van der Waals surface area contributed by atoms with Gasteiger partial charge >= 0.3 is 5.97 Å². The van der Waals surface area contributed by atoms with E-state index in [9.17, 15) is 4.79 Å². The lowest BCUT2D eigenvalue weighted by atomic mass is 9.96. The molecule has 0 spiro atoms. The summed E-state index contributed by atoms with van der Waals surface area (Å²) in [6.45, 7) is 2.13. The summed E-state index contributed by atoms with van der Waals surface area (Å²) in [4.78, 5) is 19.8. The first kappa shape index (κ1) is 26.3. The van der Waals surface area contributed by atoms with Crippen molar-refractivity contribution in [2.24, 2.45) is 0 Å². The molecule has 0 bridgehead atoms. The van der Waals surface area contributed by atoms with Crippen molar-refractivity contribution in [2.75, 3.05) is 18.6 Å². The molecule has 43 heavy (non-hydrogen) atoms. The predicted octanol–water partition coefficient (Wildman–Crippen LogP) is 9.33. The highest BCUT2D eigenvalue weighted by Crippen LogP contribution is 2.51. The fraction of sp³-hybridized carbons (Fsp3) is 0.0811. The highest BCUT2D eigenvalue weighted by Gasteiger charge is 2.27. The maximum Gasteiger partial charge on any atom is 0.338 e. The average Bonchev–Trinajstić information content (AvgIpc) is 3.06. The number of carbonyl (C=O) groups is 1. The van der Waals surface area contributed by atoms with Crippen LogP contribution in [0.15, 0.2) is 121 Å². The average molecular weight is 565 g/mol. The van der Waals surface area contributed by atoms with Crippen LogP contribution in [0.1, 0.15) is 17.3 Å². The van der Waals surface area contributed by atoms with E-state index in [4.69, 9.17) is 19.2 Å². The van der Waals surface area contributed by atoms with Gasteiger partial charge in [0.05, 0.1) is 47.6 Å². The molecular formula is C37H28N2O4. The Morgan fingerprint density at radius 1 is 0.744 bits per heavy atom. The van der Waals surface area contributed by atoms with Gasteiger partial charge in [0.1, 0.15) is 5.75 Å². The molecule has 6 nitrogen and oxygen atoms in total. The quantitative estimate of drug-likeness (QED) is 0.188. The third-order valence-corrected chi connectivity index (χ3v) is 7.58. The number of esters is 1. The van der Waals surface area contributed by atoms with Crippen LogP contribution in [0.5, 0.6) is 17.2 Å². The maximum atomic E-state index is 12.3. The summed E-state index contributed by atoms with van der Waals surface area (Å²) in [6.07, 6.45) is 0. The van der Waals surface area contributed by atoms with E-state index in [2.05, 4.69) is 53.4 Å². The number of carbonyl (C=O) groups excluding carboxylic acids is 1. The molecule has 2 heterocycles. The van der Waals surface area contributed by atoms with Crippen LogP contribution in [0.4, 0.5) is 17.1 Å². The number of nitrogens with zero attached hydrogens (tertiary/aromatic N) is 2. The molecule has 0 radical (unpaired) electrons. The molecule has 0 fully saturated rings. The first-order chi connectivity index (χ1) is 21.1. The van der Waals surface area contributed by atoms with Gasteiger partial charge in [-0.1, -0.05) is 60.7 Å². The lowest BCUT2D eigenvalue weighted by molar-refractivity contribution is 0.0526. The molecule has 1 aliphatic heterocycles. The van der Waals surface area contributed by atoms with Gasteiger partial charge in [0.2, 0.25) is 0 Å². The number of methoxy groups -OCH3 is 1. The second kappa shape index (κ2) is 11.0. The second-order valence-electron chi connectivity index (χ2n) is 10.1. The Hall–Kier alpha value is -5.62. The van der Waals surface area contributed by atoms with Crippen LogP contribution in [0.2, 0.25) is 0 Å². The zero-order valence-corrected chi connectivity index (χ0v) is 23.8. The lowest BCUT2D eigenvalue weighted by Crippen LogP contribution is -2.16. The first-order valence-electron chi connectivity index (χ1n) is 14.2. The zero-order chi connectivity index (χ0) is 29.3. The topological polar surface area (TPSA) is 60.9 Å². The molecule has 0 saturated carbocycles. The summed E-state index contributed by atoms with van der Waals surface area (Å²) in [5.41, 5.74) is 7.90. The molecule has 1 aromatic heterocycles. The lowest BCUT2D eigenvalue weighted by Gasteiger charge is -2.33. The summed E-state index contributed by atoms with van der Waals surface area (Å²) < 4.78 is 16.9. The molecule has 6 heteroatoms. The van der Waals surface area contributed by atoms with E-state index in [0.717, 1.165) is 67.6 Å². The molecule has 0 atom stereocenters. The van der Waals surface area contributed by atoms with Crippen LogP contribution < -0.4 is 14.4 Å². The molecule has 0 aliphatic carbocycles. The second-order valence-corrected chi connectivity index (χ2v) is 10.1. The smallest absolute Gasteiger partial charge is 0.338 e. The third-order valence-electron chi connectivity index (χ3n) is 7.58. The number of aromatic nitrogens is 1. The van der Waals surface area contributed by atoms with Gasteiger partial charge in [-0.05, 0) is 78.7 Å². The van der Waals surface area contributed by atoms with Crippen molar-refractivity contribution < 1.29 is 19.0 Å². The number of fused-ring (bicyclic) bond motifs is 3. The monoisotopic (exact) mass is 564 g/mol. The van der Waals surface area contributed by atoms with Gasteiger partial charge in [-0.3, -0.25) is 0 Å². The van der Waals surface area contributed by atoms with Gasteiger partial charge in [-0.15, -0.1) is 0 Å². The van der Waals surface area contributed by atoms with Crippen molar-refractivity contribution >= 4 is 33.9 Å². The molecule has 0 amide bonds. The molecule has 5 aromatic carbocycles. The fourth-order valence-electron chi connectivity index (χ4n) is 5.53. The Morgan fingerprint density at radius 3 is 2.02 bits per heavy atom. The van der Waals surface area contributed by atoms with Crippen molar-refractivity contribution in [3.8, 4) is 39.6 Å². The van der Waals surface area contributed by atoms with Crippen molar-refractivity contribution in [3.05, 3.63) is 127 Å². The number of rotatable bonds is 6. The first-order valence-corrected chi connectivity index (χ1v) is 14.2. The van der Waals surface area contributed by atoms with Gasteiger partial charge in [0.15, 0.2) is 11.5 Å². The Kier molecular flexibility index (Phi) is 6.72. The van der Waals surface area contributed by atoms with Gasteiger partial charge in [0, 0.05) is 10.9 Å². The predicted molar refractivity (Wildman–Crippen MR) is 170 cm³/mol. The van der Waals surface area contributed by atoms with Crippen molar-refractivity contribution in [3.63, 3.8) is 0 Å². The number of para-hydroxylation sites is 5. The molecule has 0 N–H and O–H groups in total. The van der Waals surface area contributed by atoms with E-state index in [1.54, 1.807) is 26.2 Å². The Bertz CT molecular complexity index is 1920. The van der Waals surface area contributed by atoms with Gasteiger partial charge in [0.25, 0.3) is 0 Å². The van der Waals surface area contributed by atoms with Crippen LogP contribution in [-0.2, 0) is 4.74 Å². The molecule has 7 rings (SSSR count). The molecular weight excluding hydrogens is 536 g/mol. The van der Waals surface area contributed by atoms with E-state index < -0.39 is 0 Å². The molecule has 0 saturated heterocycles. The zero-order valence-electron chi connectivity index (χ0n) is 23.8. The van der Waals surface area contributed by atoms with Crippen LogP contribution in [0, 0.1) is 0 Å². The Labute approximate surface area is 249 Å². The van der Waals surface area contributed by atoms with Gasteiger partial charge in [-0.2, -0.15) is 0 Å². The van der Waals surface area contributed by atoms with E-state index in [0.29, 0.717) is 12.2 Å².